The average molecular weight is 294 g/mol. The van der Waals surface area contributed by atoms with E-state index in [1.165, 1.54) is 0 Å². The van der Waals surface area contributed by atoms with E-state index in [9.17, 15) is 9.59 Å². The summed E-state index contributed by atoms with van der Waals surface area (Å²) in [7, 11) is 0. The number of carboxylic acid groups (broad SMARTS) is 1. The van der Waals surface area contributed by atoms with Crippen molar-refractivity contribution in [1.29, 1.82) is 0 Å². The molecular weight excluding hydrogens is 272 g/mol. The minimum absolute atomic E-state index is 0.0768. The van der Waals surface area contributed by atoms with Crippen molar-refractivity contribution in [2.24, 2.45) is 0 Å². The van der Waals surface area contributed by atoms with Crippen LogP contribution in [0.25, 0.3) is 0 Å². The van der Waals surface area contributed by atoms with Crippen LogP contribution in [0.4, 0.5) is 10.5 Å². The van der Waals surface area contributed by atoms with Crippen molar-refractivity contribution in [3.63, 3.8) is 0 Å². The van der Waals surface area contributed by atoms with E-state index >= 15 is 0 Å². The molecule has 1 aromatic rings. The SMILES string of the molecule is CCOc1ccc(NC(=O)NC(C)CCCC(=O)O)cc1. The molecule has 0 spiro atoms. The number of carboxylic acids is 1. The number of ether oxygens (including phenoxy) is 1. The number of hydrogen-bond acceptors (Lipinski definition) is 3. The Morgan fingerprint density at radius 2 is 1.95 bits per heavy atom. The molecule has 0 saturated carbocycles. The fourth-order valence-corrected chi connectivity index (χ4v) is 1.82. The van der Waals surface area contributed by atoms with Gasteiger partial charge in [0.2, 0.25) is 0 Å². The number of aliphatic carboxylic acids is 1. The standard InChI is InChI=1S/C15H22N2O4/c1-3-21-13-9-7-12(8-10-13)17-15(20)16-11(2)5-4-6-14(18)19/h7-11H,3-6H2,1-2H3,(H,18,19)(H2,16,17,20). The molecule has 2 amide bonds. The third-order valence-electron chi connectivity index (χ3n) is 2.83. The lowest BCUT2D eigenvalue weighted by Gasteiger charge is -2.14. The fourth-order valence-electron chi connectivity index (χ4n) is 1.82. The number of rotatable bonds is 8. The normalized spacial score (nSPS) is 11.5. The van der Waals surface area contributed by atoms with Gasteiger partial charge in [-0.25, -0.2) is 4.79 Å². The number of nitrogens with one attached hydrogen (secondary N) is 2. The minimum atomic E-state index is -0.818. The summed E-state index contributed by atoms with van der Waals surface area (Å²) < 4.78 is 5.32. The van der Waals surface area contributed by atoms with Crippen molar-refractivity contribution in [2.45, 2.75) is 39.2 Å². The fraction of sp³-hybridized carbons (Fsp3) is 0.467. The summed E-state index contributed by atoms with van der Waals surface area (Å²) in [5.41, 5.74) is 0.675. The first-order valence-corrected chi connectivity index (χ1v) is 7.03. The first-order chi connectivity index (χ1) is 10.0. The molecule has 1 aromatic carbocycles. The van der Waals surface area contributed by atoms with Crippen LogP contribution in [-0.4, -0.2) is 29.8 Å². The zero-order valence-corrected chi connectivity index (χ0v) is 12.4. The van der Waals surface area contributed by atoms with Gasteiger partial charge in [0.05, 0.1) is 6.61 Å². The van der Waals surface area contributed by atoms with E-state index < -0.39 is 5.97 Å². The first-order valence-electron chi connectivity index (χ1n) is 7.03. The van der Waals surface area contributed by atoms with Crippen molar-refractivity contribution in [3.8, 4) is 5.75 Å². The molecule has 1 rings (SSSR count). The van der Waals surface area contributed by atoms with Gasteiger partial charge in [-0.15, -0.1) is 0 Å². The Balaban J connectivity index is 2.33. The Morgan fingerprint density at radius 3 is 2.52 bits per heavy atom. The van der Waals surface area contributed by atoms with Crippen molar-refractivity contribution in [2.75, 3.05) is 11.9 Å². The molecule has 6 nitrogen and oxygen atoms in total. The summed E-state index contributed by atoms with van der Waals surface area (Å²) in [6.45, 7) is 4.35. The third-order valence-corrected chi connectivity index (χ3v) is 2.83. The maximum absolute atomic E-state index is 11.8. The van der Waals surface area contributed by atoms with Gasteiger partial charge in [0, 0.05) is 18.2 Å². The molecule has 0 bridgehead atoms. The molecule has 0 saturated heterocycles. The molecule has 6 heteroatoms. The van der Waals surface area contributed by atoms with Crippen molar-refractivity contribution in [1.82, 2.24) is 5.32 Å². The van der Waals surface area contributed by atoms with Gasteiger partial charge in [0.25, 0.3) is 0 Å². The lowest BCUT2D eigenvalue weighted by atomic mass is 10.1. The molecule has 21 heavy (non-hydrogen) atoms. The molecule has 0 heterocycles. The van der Waals surface area contributed by atoms with E-state index in [0.29, 0.717) is 25.1 Å². The summed E-state index contributed by atoms with van der Waals surface area (Å²) in [6.07, 6.45) is 1.29. The third kappa shape index (κ3) is 7.20. The molecule has 0 fully saturated rings. The zero-order chi connectivity index (χ0) is 15.7. The van der Waals surface area contributed by atoms with Gasteiger partial charge in [-0.1, -0.05) is 0 Å². The van der Waals surface area contributed by atoms with Crippen LogP contribution in [0, 0.1) is 0 Å². The molecule has 0 aromatic heterocycles. The van der Waals surface area contributed by atoms with Gasteiger partial charge in [0.1, 0.15) is 5.75 Å². The van der Waals surface area contributed by atoms with E-state index in [1.807, 2.05) is 13.8 Å². The second-order valence-electron chi connectivity index (χ2n) is 4.74. The molecule has 1 unspecified atom stereocenters. The monoisotopic (exact) mass is 294 g/mol. The van der Waals surface area contributed by atoms with Gasteiger partial charge >= 0.3 is 12.0 Å². The number of carbonyl (C=O) groups excluding carboxylic acids is 1. The van der Waals surface area contributed by atoms with Gasteiger partial charge in [0.15, 0.2) is 0 Å². The Morgan fingerprint density at radius 1 is 1.29 bits per heavy atom. The predicted molar refractivity (Wildman–Crippen MR) is 80.7 cm³/mol. The summed E-state index contributed by atoms with van der Waals surface area (Å²) in [5, 5.41) is 14.0. The largest absolute Gasteiger partial charge is 0.494 e. The van der Waals surface area contributed by atoms with Crippen molar-refractivity contribution < 1.29 is 19.4 Å². The Kier molecular flexibility index (Phi) is 7.08. The number of carbonyl (C=O) groups is 2. The number of amides is 2. The average Bonchev–Trinajstić information content (AvgIpc) is 2.40. The summed E-state index contributed by atoms with van der Waals surface area (Å²) in [6, 6.07) is 6.72. The second-order valence-corrected chi connectivity index (χ2v) is 4.74. The van der Waals surface area contributed by atoms with Crippen LogP contribution in [-0.2, 0) is 4.79 Å². The minimum Gasteiger partial charge on any atom is -0.494 e. The van der Waals surface area contributed by atoms with Crippen molar-refractivity contribution in [3.05, 3.63) is 24.3 Å². The highest BCUT2D eigenvalue weighted by atomic mass is 16.5. The topological polar surface area (TPSA) is 87.7 Å². The van der Waals surface area contributed by atoms with E-state index in [-0.39, 0.29) is 18.5 Å². The van der Waals surface area contributed by atoms with Crippen LogP contribution in [0.5, 0.6) is 5.75 Å². The van der Waals surface area contributed by atoms with Gasteiger partial charge < -0.3 is 20.5 Å². The van der Waals surface area contributed by atoms with Gasteiger partial charge in [-0.3, -0.25) is 4.79 Å². The molecule has 116 valence electrons. The zero-order valence-electron chi connectivity index (χ0n) is 12.4. The molecule has 3 N–H and O–H groups in total. The highest BCUT2D eigenvalue weighted by molar-refractivity contribution is 5.89. The Labute approximate surface area is 124 Å². The molecule has 0 aliphatic carbocycles. The maximum atomic E-state index is 11.8. The first kappa shape index (κ1) is 16.8. The number of urea groups is 1. The van der Waals surface area contributed by atoms with Crippen LogP contribution in [0.15, 0.2) is 24.3 Å². The van der Waals surface area contributed by atoms with Gasteiger partial charge in [-0.05, 0) is 51.0 Å². The molecule has 1 atom stereocenters. The lowest BCUT2D eigenvalue weighted by molar-refractivity contribution is -0.137. The van der Waals surface area contributed by atoms with Crippen LogP contribution >= 0.6 is 0 Å². The number of benzene rings is 1. The van der Waals surface area contributed by atoms with E-state index in [1.54, 1.807) is 24.3 Å². The molecule has 0 radical (unpaired) electrons. The lowest BCUT2D eigenvalue weighted by Crippen LogP contribution is -2.36. The number of hydrogen-bond donors (Lipinski definition) is 3. The van der Waals surface area contributed by atoms with Crippen LogP contribution in [0.2, 0.25) is 0 Å². The Bertz CT molecular complexity index is 459. The Hall–Kier alpha value is -2.24. The summed E-state index contributed by atoms with van der Waals surface area (Å²) in [4.78, 5) is 22.2. The van der Waals surface area contributed by atoms with E-state index in [2.05, 4.69) is 10.6 Å². The van der Waals surface area contributed by atoms with Crippen LogP contribution in [0.3, 0.4) is 0 Å². The highest BCUT2D eigenvalue weighted by Crippen LogP contribution is 2.15. The summed E-state index contributed by atoms with van der Waals surface area (Å²) >= 11 is 0. The molecular formula is C15H22N2O4. The number of anilines is 1. The van der Waals surface area contributed by atoms with Crippen molar-refractivity contribution >= 4 is 17.7 Å². The smallest absolute Gasteiger partial charge is 0.319 e. The van der Waals surface area contributed by atoms with Crippen LogP contribution in [0.1, 0.15) is 33.1 Å². The highest BCUT2D eigenvalue weighted by Gasteiger charge is 2.08. The van der Waals surface area contributed by atoms with Gasteiger partial charge in [-0.2, -0.15) is 0 Å². The maximum Gasteiger partial charge on any atom is 0.319 e. The molecule has 0 aliphatic heterocycles. The predicted octanol–water partition coefficient (Wildman–Crippen LogP) is 2.85. The summed E-state index contributed by atoms with van der Waals surface area (Å²) in [5.74, 6) is -0.0634. The van der Waals surface area contributed by atoms with Crippen LogP contribution < -0.4 is 15.4 Å². The second kappa shape index (κ2) is 8.84. The quantitative estimate of drug-likeness (QED) is 0.688. The van der Waals surface area contributed by atoms with E-state index in [4.69, 9.17) is 9.84 Å². The van der Waals surface area contributed by atoms with E-state index in [0.717, 1.165) is 5.75 Å². The molecule has 0 aliphatic rings.